The highest BCUT2D eigenvalue weighted by atomic mass is 16.2. The summed E-state index contributed by atoms with van der Waals surface area (Å²) in [4.78, 5) is 22.7. The molecule has 0 spiro atoms. The van der Waals surface area contributed by atoms with Gasteiger partial charge in [-0.1, -0.05) is 25.1 Å². The summed E-state index contributed by atoms with van der Waals surface area (Å²) >= 11 is 0. The number of nitrogens with two attached hydrogens (primary N) is 1. The van der Waals surface area contributed by atoms with E-state index in [1.54, 1.807) is 12.1 Å². The minimum Gasteiger partial charge on any atom is -0.369 e. The molecule has 5 nitrogen and oxygen atoms in total. The molecule has 0 saturated carbocycles. The number of carbonyl (C=O) groups is 2. The van der Waals surface area contributed by atoms with Gasteiger partial charge in [-0.3, -0.25) is 9.59 Å². The first-order chi connectivity index (χ1) is 9.02. The first-order valence-corrected chi connectivity index (χ1v) is 6.42. The van der Waals surface area contributed by atoms with Crippen LogP contribution in [0.5, 0.6) is 0 Å². The van der Waals surface area contributed by atoms with Crippen molar-refractivity contribution in [1.82, 2.24) is 5.32 Å². The lowest BCUT2D eigenvalue weighted by Gasteiger charge is -2.13. The third-order valence-electron chi connectivity index (χ3n) is 2.88. The second kappa shape index (κ2) is 7.53. The van der Waals surface area contributed by atoms with Crippen LogP contribution in [0, 0.1) is 0 Å². The smallest absolute Gasteiger partial charge is 0.238 e. The molecule has 0 aliphatic rings. The lowest BCUT2D eigenvalue weighted by atomic mass is 10.1. The number of nitrogens with one attached hydrogen (secondary N) is 2. The molecule has 2 amide bonds. The molecule has 1 rings (SSSR count). The third kappa shape index (κ3) is 5.52. The van der Waals surface area contributed by atoms with Crippen LogP contribution in [0.15, 0.2) is 24.3 Å². The van der Waals surface area contributed by atoms with E-state index in [9.17, 15) is 9.59 Å². The van der Waals surface area contributed by atoms with Crippen LogP contribution >= 0.6 is 0 Å². The van der Waals surface area contributed by atoms with Crippen molar-refractivity contribution in [3.8, 4) is 0 Å². The lowest BCUT2D eigenvalue weighted by Crippen LogP contribution is -2.34. The Kier molecular flexibility index (Phi) is 6.02. The molecule has 19 heavy (non-hydrogen) atoms. The van der Waals surface area contributed by atoms with Crippen LogP contribution in [0.2, 0.25) is 0 Å². The summed E-state index contributed by atoms with van der Waals surface area (Å²) < 4.78 is 0. The Hall–Kier alpha value is -1.88. The second-order valence-corrected chi connectivity index (χ2v) is 4.54. The Morgan fingerprint density at radius 3 is 2.63 bits per heavy atom. The Bertz CT molecular complexity index is 446. The molecule has 0 aliphatic heterocycles. The molecule has 1 aromatic carbocycles. The van der Waals surface area contributed by atoms with Crippen LogP contribution in [-0.2, 0) is 16.0 Å². The summed E-state index contributed by atoms with van der Waals surface area (Å²) in [6, 6.07) is 7.46. The van der Waals surface area contributed by atoms with Crippen molar-refractivity contribution in [3.63, 3.8) is 0 Å². The van der Waals surface area contributed by atoms with E-state index in [0.29, 0.717) is 11.7 Å². The highest BCUT2D eigenvalue weighted by Gasteiger charge is 2.09. The number of anilines is 1. The standard InChI is InChI=1S/C14H21N3O2/c1-3-10(2)16-9-14(19)17-12-7-5-4-6-11(12)8-13(15)18/h4-7,10,16H,3,8-9H2,1-2H3,(H2,15,18)(H,17,19). The fourth-order valence-corrected chi connectivity index (χ4v) is 1.59. The Morgan fingerprint density at radius 1 is 1.32 bits per heavy atom. The predicted octanol–water partition coefficient (Wildman–Crippen LogP) is 1.04. The maximum atomic E-state index is 11.8. The van der Waals surface area contributed by atoms with Crippen LogP contribution in [0.4, 0.5) is 5.69 Å². The first kappa shape index (κ1) is 15.2. The van der Waals surface area contributed by atoms with Crippen LogP contribution in [0.1, 0.15) is 25.8 Å². The van der Waals surface area contributed by atoms with E-state index in [-0.39, 0.29) is 18.9 Å². The summed E-state index contributed by atoms with van der Waals surface area (Å²) in [6.07, 6.45) is 1.08. The van der Waals surface area contributed by atoms with E-state index in [1.807, 2.05) is 19.1 Å². The van der Waals surface area contributed by atoms with E-state index < -0.39 is 5.91 Å². The van der Waals surface area contributed by atoms with Crippen molar-refractivity contribution in [2.75, 3.05) is 11.9 Å². The fraction of sp³-hybridized carbons (Fsp3) is 0.429. The average Bonchev–Trinajstić information content (AvgIpc) is 2.37. The van der Waals surface area contributed by atoms with Gasteiger partial charge in [0.2, 0.25) is 11.8 Å². The number of carbonyl (C=O) groups excluding carboxylic acids is 2. The predicted molar refractivity (Wildman–Crippen MR) is 75.7 cm³/mol. The zero-order valence-corrected chi connectivity index (χ0v) is 11.4. The van der Waals surface area contributed by atoms with E-state index in [4.69, 9.17) is 5.73 Å². The average molecular weight is 263 g/mol. The number of hydrogen-bond acceptors (Lipinski definition) is 3. The largest absolute Gasteiger partial charge is 0.369 e. The SMILES string of the molecule is CCC(C)NCC(=O)Nc1ccccc1CC(N)=O. The van der Waals surface area contributed by atoms with Crippen molar-refractivity contribution >= 4 is 17.5 Å². The van der Waals surface area contributed by atoms with Crippen molar-refractivity contribution in [3.05, 3.63) is 29.8 Å². The quantitative estimate of drug-likeness (QED) is 0.687. The molecule has 0 bridgehead atoms. The topological polar surface area (TPSA) is 84.2 Å². The Morgan fingerprint density at radius 2 is 2.00 bits per heavy atom. The molecule has 1 aromatic rings. The first-order valence-electron chi connectivity index (χ1n) is 6.42. The summed E-state index contributed by atoms with van der Waals surface area (Å²) in [6.45, 7) is 4.33. The summed E-state index contributed by atoms with van der Waals surface area (Å²) in [7, 11) is 0. The molecule has 0 aromatic heterocycles. The number of hydrogen-bond donors (Lipinski definition) is 3. The number of benzene rings is 1. The monoisotopic (exact) mass is 263 g/mol. The van der Waals surface area contributed by atoms with E-state index >= 15 is 0 Å². The van der Waals surface area contributed by atoms with Gasteiger partial charge in [0.25, 0.3) is 0 Å². The van der Waals surface area contributed by atoms with Crippen molar-refractivity contribution in [2.45, 2.75) is 32.7 Å². The molecule has 5 heteroatoms. The highest BCUT2D eigenvalue weighted by Crippen LogP contribution is 2.15. The van der Waals surface area contributed by atoms with Gasteiger partial charge < -0.3 is 16.4 Å². The van der Waals surface area contributed by atoms with Gasteiger partial charge in [-0.05, 0) is 25.0 Å². The maximum absolute atomic E-state index is 11.8. The second-order valence-electron chi connectivity index (χ2n) is 4.54. The normalized spacial score (nSPS) is 11.9. The fourth-order valence-electron chi connectivity index (χ4n) is 1.59. The van der Waals surface area contributed by atoms with Crippen molar-refractivity contribution in [1.29, 1.82) is 0 Å². The van der Waals surface area contributed by atoms with E-state index in [1.165, 1.54) is 0 Å². The number of rotatable bonds is 7. The van der Waals surface area contributed by atoms with Gasteiger partial charge in [0.15, 0.2) is 0 Å². The lowest BCUT2D eigenvalue weighted by molar-refractivity contribution is -0.117. The summed E-state index contributed by atoms with van der Waals surface area (Å²) in [5.74, 6) is -0.545. The molecule has 0 saturated heterocycles. The van der Waals surface area contributed by atoms with Gasteiger partial charge in [0.05, 0.1) is 13.0 Å². The zero-order valence-electron chi connectivity index (χ0n) is 11.4. The van der Waals surface area contributed by atoms with Gasteiger partial charge in [-0.15, -0.1) is 0 Å². The molecule has 0 heterocycles. The Balaban J connectivity index is 2.61. The summed E-state index contributed by atoms with van der Waals surface area (Å²) in [5, 5.41) is 5.90. The molecule has 0 radical (unpaired) electrons. The number of para-hydroxylation sites is 1. The van der Waals surface area contributed by atoms with Gasteiger partial charge in [-0.2, -0.15) is 0 Å². The maximum Gasteiger partial charge on any atom is 0.238 e. The highest BCUT2D eigenvalue weighted by molar-refractivity contribution is 5.93. The van der Waals surface area contributed by atoms with E-state index in [2.05, 4.69) is 17.6 Å². The minimum absolute atomic E-state index is 0.120. The van der Waals surface area contributed by atoms with Crippen LogP contribution in [0.25, 0.3) is 0 Å². The minimum atomic E-state index is -0.417. The van der Waals surface area contributed by atoms with Gasteiger partial charge in [-0.25, -0.2) is 0 Å². The molecular weight excluding hydrogens is 242 g/mol. The molecule has 4 N–H and O–H groups in total. The molecular formula is C14H21N3O2. The van der Waals surface area contributed by atoms with Crippen molar-refractivity contribution < 1.29 is 9.59 Å². The molecule has 0 fully saturated rings. The molecule has 1 atom stereocenters. The molecule has 104 valence electrons. The third-order valence-corrected chi connectivity index (χ3v) is 2.88. The number of amides is 2. The van der Waals surface area contributed by atoms with Crippen LogP contribution in [0.3, 0.4) is 0 Å². The van der Waals surface area contributed by atoms with Crippen LogP contribution < -0.4 is 16.4 Å². The Labute approximate surface area is 113 Å². The molecule has 0 aliphatic carbocycles. The van der Waals surface area contributed by atoms with Gasteiger partial charge in [0.1, 0.15) is 0 Å². The van der Waals surface area contributed by atoms with Gasteiger partial charge >= 0.3 is 0 Å². The molecule has 1 unspecified atom stereocenters. The van der Waals surface area contributed by atoms with E-state index in [0.717, 1.165) is 12.0 Å². The van der Waals surface area contributed by atoms with Crippen LogP contribution in [-0.4, -0.2) is 24.4 Å². The number of primary amides is 1. The summed E-state index contributed by atoms with van der Waals surface area (Å²) in [5.41, 5.74) is 6.54. The van der Waals surface area contributed by atoms with Crippen molar-refractivity contribution in [2.24, 2.45) is 5.73 Å². The zero-order chi connectivity index (χ0) is 14.3. The van der Waals surface area contributed by atoms with Gasteiger partial charge in [0, 0.05) is 11.7 Å².